The van der Waals surface area contributed by atoms with Crippen LogP contribution in [0.15, 0.2) is 4.52 Å². The molecule has 6 heteroatoms. The van der Waals surface area contributed by atoms with Gasteiger partial charge in [0, 0.05) is 26.4 Å². The molecule has 100 valence electrons. The normalized spacial score (nSPS) is 20.2. The number of carbonyl (C=O) groups is 1. The second-order valence-electron chi connectivity index (χ2n) is 4.73. The van der Waals surface area contributed by atoms with Crippen LogP contribution in [0.25, 0.3) is 0 Å². The Bertz CT molecular complexity index is 405. The minimum Gasteiger partial charge on any atom is -0.359 e. The fraction of sp³-hybridized carbons (Fsp3) is 0.750. The molecule has 1 atom stereocenters. The predicted octanol–water partition coefficient (Wildman–Crippen LogP) is 0.590. The zero-order chi connectivity index (χ0) is 13.0. The van der Waals surface area contributed by atoms with E-state index in [4.69, 9.17) is 4.52 Å². The number of rotatable bonds is 5. The maximum absolute atomic E-state index is 11.3. The van der Waals surface area contributed by atoms with Gasteiger partial charge in [-0.2, -0.15) is 4.98 Å². The van der Waals surface area contributed by atoms with E-state index in [9.17, 15) is 4.79 Å². The van der Waals surface area contributed by atoms with Gasteiger partial charge in [0.25, 0.3) is 0 Å². The summed E-state index contributed by atoms with van der Waals surface area (Å²) in [6.07, 6.45) is 2.44. The summed E-state index contributed by atoms with van der Waals surface area (Å²) in [7, 11) is 1.68. The van der Waals surface area contributed by atoms with Crippen molar-refractivity contribution < 1.29 is 9.32 Å². The van der Waals surface area contributed by atoms with Crippen molar-refractivity contribution in [3.63, 3.8) is 0 Å². The Morgan fingerprint density at radius 1 is 1.61 bits per heavy atom. The van der Waals surface area contributed by atoms with Gasteiger partial charge in [0.1, 0.15) is 0 Å². The summed E-state index contributed by atoms with van der Waals surface area (Å²) in [4.78, 5) is 17.9. The number of hydrogen-bond donors (Lipinski definition) is 1. The summed E-state index contributed by atoms with van der Waals surface area (Å²) in [6.45, 7) is 4.64. The van der Waals surface area contributed by atoms with Gasteiger partial charge in [0.2, 0.25) is 11.8 Å². The minimum atomic E-state index is 0.120. The van der Waals surface area contributed by atoms with E-state index in [1.165, 1.54) is 0 Å². The number of hydrogen-bond acceptors (Lipinski definition) is 5. The Kier molecular flexibility index (Phi) is 4.30. The first-order valence-electron chi connectivity index (χ1n) is 6.45. The fourth-order valence-corrected chi connectivity index (χ4v) is 2.29. The molecule has 2 heterocycles. The second kappa shape index (κ2) is 5.95. The Hall–Kier alpha value is -1.43. The molecule has 1 aliphatic rings. The van der Waals surface area contributed by atoms with Crippen LogP contribution >= 0.6 is 0 Å². The second-order valence-corrected chi connectivity index (χ2v) is 4.73. The average Bonchev–Trinajstić information content (AvgIpc) is 2.99. The van der Waals surface area contributed by atoms with E-state index in [0.29, 0.717) is 24.8 Å². The minimum absolute atomic E-state index is 0.120. The maximum Gasteiger partial charge on any atom is 0.226 e. The van der Waals surface area contributed by atoms with Crippen molar-refractivity contribution in [1.29, 1.82) is 0 Å². The summed E-state index contributed by atoms with van der Waals surface area (Å²) < 4.78 is 5.08. The molecule has 1 aromatic heterocycles. The molecule has 1 unspecified atom stereocenters. The van der Waals surface area contributed by atoms with Crippen molar-refractivity contribution >= 4 is 5.91 Å². The fourth-order valence-electron chi connectivity index (χ4n) is 2.29. The third-order valence-corrected chi connectivity index (χ3v) is 3.30. The molecule has 1 aromatic rings. The van der Waals surface area contributed by atoms with Gasteiger partial charge in [-0.3, -0.25) is 9.69 Å². The summed E-state index contributed by atoms with van der Waals surface area (Å²) >= 11 is 0. The van der Waals surface area contributed by atoms with Crippen LogP contribution in [0.3, 0.4) is 0 Å². The van der Waals surface area contributed by atoms with Gasteiger partial charge in [-0.1, -0.05) is 12.1 Å². The Morgan fingerprint density at radius 3 is 3.11 bits per heavy atom. The Balaban J connectivity index is 1.80. The van der Waals surface area contributed by atoms with Crippen molar-refractivity contribution in [2.45, 2.75) is 32.7 Å². The highest BCUT2D eigenvalue weighted by Crippen LogP contribution is 2.20. The van der Waals surface area contributed by atoms with Crippen LogP contribution < -0.4 is 5.32 Å². The van der Waals surface area contributed by atoms with Gasteiger partial charge in [0.15, 0.2) is 5.82 Å². The van der Waals surface area contributed by atoms with Gasteiger partial charge in [0.05, 0.1) is 6.54 Å². The molecule has 1 saturated heterocycles. The summed E-state index contributed by atoms with van der Waals surface area (Å²) in [5.74, 6) is 2.00. The quantitative estimate of drug-likeness (QED) is 0.830. The van der Waals surface area contributed by atoms with Crippen molar-refractivity contribution in [3.8, 4) is 0 Å². The molecule has 1 fully saturated rings. The van der Waals surface area contributed by atoms with Gasteiger partial charge < -0.3 is 9.84 Å². The lowest BCUT2D eigenvalue weighted by atomic mass is 10.1. The maximum atomic E-state index is 11.3. The zero-order valence-electron chi connectivity index (χ0n) is 11.0. The standard InChI is InChI=1S/C12H20N4O2/c1-3-12-14-10(15-18-12)8-16-5-4-9(7-16)6-11(17)13-2/h9H,3-8H2,1-2H3,(H,13,17). The zero-order valence-corrected chi connectivity index (χ0v) is 11.0. The molecular weight excluding hydrogens is 232 g/mol. The highest BCUT2D eigenvalue weighted by atomic mass is 16.5. The Labute approximate surface area is 107 Å². The third kappa shape index (κ3) is 3.29. The van der Waals surface area contributed by atoms with Crippen LogP contribution in [0.2, 0.25) is 0 Å². The number of carbonyl (C=O) groups excluding carboxylic acids is 1. The largest absolute Gasteiger partial charge is 0.359 e. The smallest absolute Gasteiger partial charge is 0.226 e. The molecule has 0 spiro atoms. The van der Waals surface area contributed by atoms with Crippen LogP contribution in [-0.2, 0) is 17.8 Å². The van der Waals surface area contributed by atoms with E-state index >= 15 is 0 Å². The molecule has 0 saturated carbocycles. The lowest BCUT2D eigenvalue weighted by molar-refractivity contribution is -0.121. The Morgan fingerprint density at radius 2 is 2.44 bits per heavy atom. The van der Waals surface area contributed by atoms with Crippen LogP contribution in [-0.4, -0.2) is 41.1 Å². The first kappa shape index (κ1) is 13.0. The van der Waals surface area contributed by atoms with E-state index in [1.807, 2.05) is 6.92 Å². The van der Waals surface area contributed by atoms with Crippen LogP contribution in [0, 0.1) is 5.92 Å². The average molecular weight is 252 g/mol. The molecule has 2 rings (SSSR count). The van der Waals surface area contributed by atoms with E-state index in [-0.39, 0.29) is 5.91 Å². The monoisotopic (exact) mass is 252 g/mol. The lowest BCUT2D eigenvalue weighted by Gasteiger charge is -2.13. The first-order chi connectivity index (χ1) is 8.71. The molecule has 6 nitrogen and oxygen atoms in total. The van der Waals surface area contributed by atoms with Crippen molar-refractivity contribution in [2.24, 2.45) is 5.92 Å². The van der Waals surface area contributed by atoms with E-state index in [1.54, 1.807) is 7.05 Å². The highest BCUT2D eigenvalue weighted by Gasteiger charge is 2.25. The predicted molar refractivity (Wildman–Crippen MR) is 65.7 cm³/mol. The highest BCUT2D eigenvalue weighted by molar-refractivity contribution is 5.75. The molecule has 1 N–H and O–H groups in total. The van der Waals surface area contributed by atoms with Gasteiger partial charge >= 0.3 is 0 Å². The van der Waals surface area contributed by atoms with Crippen LogP contribution in [0.1, 0.15) is 31.5 Å². The number of nitrogens with one attached hydrogen (secondary N) is 1. The summed E-state index contributed by atoms with van der Waals surface area (Å²) in [6, 6.07) is 0. The van der Waals surface area contributed by atoms with Crippen LogP contribution in [0.4, 0.5) is 0 Å². The molecule has 0 bridgehead atoms. The van der Waals surface area contributed by atoms with Gasteiger partial charge in [-0.25, -0.2) is 0 Å². The summed E-state index contributed by atoms with van der Waals surface area (Å²) in [5.41, 5.74) is 0. The number of likely N-dealkylation sites (tertiary alicyclic amines) is 1. The molecule has 1 aliphatic heterocycles. The van der Waals surface area contributed by atoms with E-state index < -0.39 is 0 Å². The first-order valence-corrected chi connectivity index (χ1v) is 6.45. The van der Waals surface area contributed by atoms with Crippen molar-refractivity contribution in [2.75, 3.05) is 20.1 Å². The molecule has 0 radical (unpaired) electrons. The SMILES string of the molecule is CCc1nc(CN2CCC(CC(=O)NC)C2)no1. The van der Waals surface area contributed by atoms with Gasteiger partial charge in [-0.05, 0) is 18.9 Å². The number of amides is 1. The number of nitrogens with zero attached hydrogens (tertiary/aromatic N) is 3. The van der Waals surface area contributed by atoms with E-state index in [0.717, 1.165) is 31.8 Å². The number of aromatic nitrogens is 2. The molecule has 0 aromatic carbocycles. The molecule has 1 amide bonds. The van der Waals surface area contributed by atoms with Gasteiger partial charge in [-0.15, -0.1) is 0 Å². The van der Waals surface area contributed by atoms with Crippen molar-refractivity contribution in [1.82, 2.24) is 20.4 Å². The summed E-state index contributed by atoms with van der Waals surface area (Å²) in [5, 5.41) is 6.62. The number of aryl methyl sites for hydroxylation is 1. The van der Waals surface area contributed by atoms with E-state index in [2.05, 4.69) is 20.4 Å². The van der Waals surface area contributed by atoms with Crippen molar-refractivity contribution in [3.05, 3.63) is 11.7 Å². The molecular formula is C12H20N4O2. The lowest BCUT2D eigenvalue weighted by Crippen LogP contribution is -2.24. The van der Waals surface area contributed by atoms with Crippen LogP contribution in [0.5, 0.6) is 0 Å². The third-order valence-electron chi connectivity index (χ3n) is 3.30. The molecule has 0 aliphatic carbocycles. The molecule has 18 heavy (non-hydrogen) atoms. The topological polar surface area (TPSA) is 71.3 Å².